The number of hydrogen-bond acceptors (Lipinski definition) is 4. The number of hydrogen-bond donors (Lipinski definition) is 3. The van der Waals surface area contributed by atoms with E-state index in [9.17, 15) is 4.39 Å². The van der Waals surface area contributed by atoms with Crippen molar-refractivity contribution >= 4 is 22.5 Å². The molecule has 1 unspecified atom stereocenters. The molecule has 3 aromatic carbocycles. The Morgan fingerprint density at radius 3 is 2.58 bits per heavy atom. The molecule has 0 saturated carbocycles. The van der Waals surface area contributed by atoms with E-state index in [4.69, 9.17) is 16.6 Å². The molecule has 0 spiro atoms. The fourth-order valence-electron chi connectivity index (χ4n) is 5.57. The lowest BCUT2D eigenvalue weighted by Crippen LogP contribution is -2.51. The quantitative estimate of drug-likeness (QED) is 0.254. The Kier molecular flexibility index (Phi) is 5.35. The minimum atomic E-state index is -0.792. The zero-order valence-corrected chi connectivity index (χ0v) is 20.9. The van der Waals surface area contributed by atoms with E-state index in [1.54, 1.807) is 18.3 Å². The topological polar surface area (TPSA) is 82.3 Å². The molecule has 0 fully saturated rings. The number of nitrogens with one attached hydrogen (secondary N) is 3. The largest absolute Gasteiger partial charge is 0.356 e. The van der Waals surface area contributed by atoms with Crippen LogP contribution in [0.1, 0.15) is 34.3 Å². The molecule has 6 nitrogen and oxygen atoms in total. The van der Waals surface area contributed by atoms with Gasteiger partial charge in [-0.05, 0) is 66.1 Å². The van der Waals surface area contributed by atoms with Crippen LogP contribution in [0.5, 0.6) is 0 Å². The van der Waals surface area contributed by atoms with Crippen molar-refractivity contribution in [2.75, 3.05) is 0 Å². The molecule has 0 saturated heterocycles. The third-order valence-electron chi connectivity index (χ3n) is 7.27. The first-order valence-corrected chi connectivity index (χ1v) is 12.7. The number of aromatic nitrogens is 5. The second-order valence-electron chi connectivity index (χ2n) is 9.48. The highest BCUT2D eigenvalue weighted by Gasteiger charge is 2.46. The van der Waals surface area contributed by atoms with Crippen molar-refractivity contribution in [1.82, 2.24) is 30.5 Å². The molecular formula is C30H22ClFN6. The Balaban J connectivity index is 1.45. The van der Waals surface area contributed by atoms with Crippen LogP contribution in [0.2, 0.25) is 5.02 Å². The summed E-state index contributed by atoms with van der Waals surface area (Å²) in [5.74, 6) is 0.907. The molecule has 8 heteroatoms. The first-order chi connectivity index (χ1) is 18.6. The lowest BCUT2D eigenvalue weighted by molar-refractivity contribution is 0.350. The molecule has 38 heavy (non-hydrogen) atoms. The first kappa shape index (κ1) is 22.8. The molecule has 2 atom stereocenters. The van der Waals surface area contributed by atoms with Crippen LogP contribution >= 0.6 is 11.6 Å². The van der Waals surface area contributed by atoms with Gasteiger partial charge in [0.1, 0.15) is 17.2 Å². The van der Waals surface area contributed by atoms with Crippen molar-refractivity contribution in [3.63, 3.8) is 0 Å². The molecule has 1 aliphatic rings. The van der Waals surface area contributed by atoms with Gasteiger partial charge in [-0.15, -0.1) is 0 Å². The average Bonchev–Trinajstić information content (AvgIpc) is 3.59. The van der Waals surface area contributed by atoms with E-state index >= 15 is 0 Å². The minimum absolute atomic E-state index is 0.220. The Labute approximate surface area is 222 Å². The van der Waals surface area contributed by atoms with Crippen LogP contribution < -0.4 is 5.32 Å². The molecule has 7 rings (SSSR count). The summed E-state index contributed by atoms with van der Waals surface area (Å²) < 4.78 is 13.5. The van der Waals surface area contributed by atoms with Crippen LogP contribution in [0, 0.1) is 5.82 Å². The SMILES string of the molecule is Fc1ccc(-c2n[nH]c([C@H]3Cc4c([nH]c5ccccc45)C(c4cccnc4)(c4cccc(Cl)c4)N3)n2)cc1. The maximum Gasteiger partial charge on any atom is 0.181 e. The second kappa shape index (κ2) is 8.90. The fourth-order valence-corrected chi connectivity index (χ4v) is 5.76. The summed E-state index contributed by atoms with van der Waals surface area (Å²) in [5, 5.41) is 13.3. The van der Waals surface area contributed by atoms with Gasteiger partial charge in [0.2, 0.25) is 0 Å². The molecule has 0 aliphatic carbocycles. The Morgan fingerprint density at radius 1 is 0.921 bits per heavy atom. The van der Waals surface area contributed by atoms with E-state index in [0.717, 1.165) is 33.3 Å². The summed E-state index contributed by atoms with van der Waals surface area (Å²) in [4.78, 5) is 13.0. The molecule has 4 heterocycles. The maximum atomic E-state index is 13.5. The number of rotatable bonds is 4. The highest BCUT2D eigenvalue weighted by atomic mass is 35.5. The van der Waals surface area contributed by atoms with E-state index in [0.29, 0.717) is 23.1 Å². The molecule has 6 aromatic rings. The van der Waals surface area contributed by atoms with Crippen molar-refractivity contribution in [2.45, 2.75) is 18.0 Å². The highest BCUT2D eigenvalue weighted by molar-refractivity contribution is 6.30. The van der Waals surface area contributed by atoms with Crippen molar-refractivity contribution in [3.05, 3.63) is 136 Å². The predicted octanol–water partition coefficient (Wildman–Crippen LogP) is 6.32. The lowest BCUT2D eigenvalue weighted by atomic mass is 9.74. The van der Waals surface area contributed by atoms with Gasteiger partial charge < -0.3 is 4.98 Å². The Morgan fingerprint density at radius 2 is 1.76 bits per heavy atom. The van der Waals surface area contributed by atoms with Crippen molar-refractivity contribution in [2.24, 2.45) is 0 Å². The van der Waals surface area contributed by atoms with Crippen molar-refractivity contribution in [3.8, 4) is 11.4 Å². The molecule has 1 aliphatic heterocycles. The van der Waals surface area contributed by atoms with Gasteiger partial charge >= 0.3 is 0 Å². The zero-order chi connectivity index (χ0) is 25.7. The van der Waals surface area contributed by atoms with E-state index in [-0.39, 0.29) is 11.9 Å². The highest BCUT2D eigenvalue weighted by Crippen LogP contribution is 2.46. The summed E-state index contributed by atoms with van der Waals surface area (Å²) in [7, 11) is 0. The molecule has 3 aromatic heterocycles. The Hall–Kier alpha value is -4.33. The smallest absolute Gasteiger partial charge is 0.181 e. The number of H-pyrrole nitrogens is 2. The van der Waals surface area contributed by atoms with Crippen LogP contribution in [0.25, 0.3) is 22.3 Å². The summed E-state index contributed by atoms with van der Waals surface area (Å²) in [6.45, 7) is 0. The fraction of sp³-hybridized carbons (Fsp3) is 0.100. The standard InChI is InChI=1S/C30H22ClFN6/c31-21-7-3-5-19(15-21)30(20-6-4-14-33-17-20)27-24(23-8-1-2-9-25(23)34-27)16-26(36-30)29-35-28(37-38-29)18-10-12-22(32)13-11-18/h1-15,17,26,34,36H,16H2,(H,35,37,38)/t26-,30?/m1/s1. The lowest BCUT2D eigenvalue weighted by Gasteiger charge is -2.42. The third kappa shape index (κ3) is 3.62. The number of halogens is 2. The van der Waals surface area contributed by atoms with Gasteiger partial charge in [-0.1, -0.05) is 48.0 Å². The van der Waals surface area contributed by atoms with Gasteiger partial charge in [0, 0.05) is 45.1 Å². The van der Waals surface area contributed by atoms with Crippen LogP contribution in [0.4, 0.5) is 4.39 Å². The number of nitrogens with zero attached hydrogens (tertiary/aromatic N) is 3. The third-order valence-corrected chi connectivity index (χ3v) is 7.51. The molecule has 186 valence electrons. The maximum absolute atomic E-state index is 13.5. The van der Waals surface area contributed by atoms with Crippen molar-refractivity contribution < 1.29 is 4.39 Å². The van der Waals surface area contributed by atoms with Crippen LogP contribution in [-0.2, 0) is 12.0 Å². The van der Waals surface area contributed by atoms with Crippen LogP contribution in [0.3, 0.4) is 0 Å². The summed E-state index contributed by atoms with van der Waals surface area (Å²) in [6, 6.07) is 26.2. The number of pyridine rings is 1. The molecule has 0 amide bonds. The minimum Gasteiger partial charge on any atom is -0.356 e. The van der Waals surface area contributed by atoms with Gasteiger partial charge in [-0.3, -0.25) is 15.4 Å². The zero-order valence-electron chi connectivity index (χ0n) is 20.1. The van der Waals surface area contributed by atoms with Crippen LogP contribution in [-0.4, -0.2) is 25.1 Å². The van der Waals surface area contributed by atoms with E-state index in [1.165, 1.54) is 17.7 Å². The van der Waals surface area contributed by atoms with Crippen molar-refractivity contribution in [1.29, 1.82) is 0 Å². The molecule has 0 radical (unpaired) electrons. The van der Waals surface area contributed by atoms with E-state index < -0.39 is 5.54 Å². The summed E-state index contributed by atoms with van der Waals surface area (Å²) in [6.07, 6.45) is 4.34. The van der Waals surface area contributed by atoms with Gasteiger partial charge in [0.15, 0.2) is 5.82 Å². The van der Waals surface area contributed by atoms with Gasteiger partial charge in [-0.25, -0.2) is 9.37 Å². The molecule has 0 bridgehead atoms. The summed E-state index contributed by atoms with van der Waals surface area (Å²) >= 11 is 6.55. The molecular weight excluding hydrogens is 499 g/mol. The number of benzene rings is 3. The van der Waals surface area contributed by atoms with Gasteiger partial charge in [0.05, 0.1) is 6.04 Å². The van der Waals surface area contributed by atoms with E-state index in [1.807, 2.05) is 36.5 Å². The van der Waals surface area contributed by atoms with Gasteiger partial charge in [-0.2, -0.15) is 5.10 Å². The second-order valence-corrected chi connectivity index (χ2v) is 9.91. The average molecular weight is 521 g/mol. The first-order valence-electron chi connectivity index (χ1n) is 12.3. The number of aromatic amines is 2. The Bertz CT molecular complexity index is 1760. The number of fused-ring (bicyclic) bond motifs is 3. The number of para-hydroxylation sites is 1. The van der Waals surface area contributed by atoms with E-state index in [2.05, 4.69) is 55.8 Å². The van der Waals surface area contributed by atoms with Gasteiger partial charge in [0.25, 0.3) is 0 Å². The molecule has 3 N–H and O–H groups in total. The van der Waals surface area contributed by atoms with Crippen LogP contribution in [0.15, 0.2) is 97.3 Å². The summed E-state index contributed by atoms with van der Waals surface area (Å²) in [5.41, 5.74) is 5.19. The monoisotopic (exact) mass is 520 g/mol. The normalized spacial score (nSPS) is 18.9. The predicted molar refractivity (Wildman–Crippen MR) is 145 cm³/mol.